The second-order valence-corrected chi connectivity index (χ2v) is 5.82. The highest BCUT2D eigenvalue weighted by molar-refractivity contribution is 5.97. The van der Waals surface area contributed by atoms with Crippen molar-refractivity contribution in [3.05, 3.63) is 29.6 Å². The largest absolute Gasteiger partial charge is 0.490 e. The van der Waals surface area contributed by atoms with Crippen molar-refractivity contribution in [3.8, 4) is 5.75 Å². The van der Waals surface area contributed by atoms with Crippen molar-refractivity contribution >= 4 is 11.9 Å². The molecule has 0 aromatic heterocycles. The normalized spacial score (nSPS) is 23.5. The predicted molar refractivity (Wildman–Crippen MR) is 82.0 cm³/mol. The molecule has 23 heavy (non-hydrogen) atoms. The molecule has 2 saturated heterocycles. The summed E-state index contributed by atoms with van der Waals surface area (Å²) in [4.78, 5) is 27.8. The first-order chi connectivity index (χ1) is 11.0. The van der Waals surface area contributed by atoms with E-state index in [1.54, 1.807) is 29.8 Å². The van der Waals surface area contributed by atoms with Gasteiger partial charge >= 0.3 is 6.03 Å². The molecule has 2 heterocycles. The van der Waals surface area contributed by atoms with E-state index in [0.717, 1.165) is 0 Å². The number of halogens is 1. The fraction of sp³-hybridized carbons (Fsp3) is 0.500. The number of hydrogen-bond donors (Lipinski definition) is 1. The molecule has 124 valence electrons. The van der Waals surface area contributed by atoms with Crippen LogP contribution in [0.2, 0.25) is 0 Å². The Bertz CT molecular complexity index is 637. The summed E-state index contributed by atoms with van der Waals surface area (Å²) in [5.74, 6) is -0.814. The van der Waals surface area contributed by atoms with Gasteiger partial charge in [-0.3, -0.25) is 4.79 Å². The number of likely N-dealkylation sites (tertiary alicyclic amines) is 1. The number of benzene rings is 1. The van der Waals surface area contributed by atoms with Crippen LogP contribution in [-0.4, -0.2) is 60.6 Å². The first kappa shape index (κ1) is 15.6. The maximum absolute atomic E-state index is 13.9. The molecule has 0 spiro atoms. The third-order valence-electron chi connectivity index (χ3n) is 4.48. The molecule has 1 aromatic carbocycles. The Morgan fingerprint density at radius 2 is 2.26 bits per heavy atom. The average molecular weight is 321 g/mol. The van der Waals surface area contributed by atoms with Crippen molar-refractivity contribution in [2.45, 2.75) is 25.4 Å². The van der Waals surface area contributed by atoms with E-state index in [4.69, 9.17) is 4.74 Å². The number of carbonyl (C=O) groups excluding carboxylic acids is 2. The molecule has 0 bridgehead atoms. The second-order valence-electron chi connectivity index (χ2n) is 5.82. The Morgan fingerprint density at radius 1 is 1.48 bits per heavy atom. The number of rotatable bonds is 3. The molecule has 3 rings (SSSR count). The molecule has 2 fully saturated rings. The maximum Gasteiger partial charge on any atom is 0.317 e. The first-order valence-corrected chi connectivity index (χ1v) is 7.76. The molecule has 2 aliphatic rings. The Hall–Kier alpha value is -2.31. The van der Waals surface area contributed by atoms with Crippen LogP contribution in [0.15, 0.2) is 18.2 Å². The van der Waals surface area contributed by atoms with Gasteiger partial charge in [0.1, 0.15) is 0 Å². The van der Waals surface area contributed by atoms with Crippen LogP contribution in [0.4, 0.5) is 9.18 Å². The highest BCUT2D eigenvalue weighted by Crippen LogP contribution is 2.27. The SMILES string of the molecule is CCOc1c(F)cccc1C(=O)N1CC[C@H]2[C@@H](C1)NC(=O)N2C. The van der Waals surface area contributed by atoms with Gasteiger partial charge in [-0.1, -0.05) is 6.07 Å². The summed E-state index contributed by atoms with van der Waals surface area (Å²) in [6.45, 7) is 2.98. The highest BCUT2D eigenvalue weighted by Gasteiger charge is 2.42. The zero-order valence-corrected chi connectivity index (χ0v) is 13.2. The second kappa shape index (κ2) is 6.06. The molecule has 0 radical (unpaired) electrons. The number of ether oxygens (including phenoxy) is 1. The Balaban J connectivity index is 1.80. The van der Waals surface area contributed by atoms with Crippen molar-refractivity contribution in [3.63, 3.8) is 0 Å². The minimum atomic E-state index is -0.540. The van der Waals surface area contributed by atoms with Crippen LogP contribution in [0.25, 0.3) is 0 Å². The average Bonchev–Trinajstić information content (AvgIpc) is 2.83. The van der Waals surface area contributed by atoms with Gasteiger partial charge in [-0.15, -0.1) is 0 Å². The number of urea groups is 1. The van der Waals surface area contributed by atoms with E-state index in [0.29, 0.717) is 19.5 Å². The Morgan fingerprint density at radius 3 is 3.00 bits per heavy atom. The summed E-state index contributed by atoms with van der Waals surface area (Å²) >= 11 is 0. The van der Waals surface area contributed by atoms with Crippen molar-refractivity contribution < 1.29 is 18.7 Å². The van der Waals surface area contributed by atoms with Crippen molar-refractivity contribution in [1.82, 2.24) is 15.1 Å². The van der Waals surface area contributed by atoms with Gasteiger partial charge in [0.15, 0.2) is 11.6 Å². The van der Waals surface area contributed by atoms with Crippen LogP contribution in [0.3, 0.4) is 0 Å². The molecule has 2 atom stereocenters. The smallest absolute Gasteiger partial charge is 0.317 e. The lowest BCUT2D eigenvalue weighted by Gasteiger charge is -2.36. The first-order valence-electron chi connectivity index (χ1n) is 7.76. The van der Waals surface area contributed by atoms with Crippen LogP contribution >= 0.6 is 0 Å². The minimum Gasteiger partial charge on any atom is -0.490 e. The van der Waals surface area contributed by atoms with Gasteiger partial charge in [-0.25, -0.2) is 9.18 Å². The molecule has 0 saturated carbocycles. The van der Waals surface area contributed by atoms with Crippen molar-refractivity contribution in [2.75, 3.05) is 26.7 Å². The van der Waals surface area contributed by atoms with Crippen LogP contribution in [0.1, 0.15) is 23.7 Å². The van der Waals surface area contributed by atoms with Crippen molar-refractivity contribution in [1.29, 1.82) is 0 Å². The lowest BCUT2D eigenvalue weighted by atomic mass is 9.99. The van der Waals surface area contributed by atoms with Crippen LogP contribution in [-0.2, 0) is 0 Å². The van der Waals surface area contributed by atoms with Crippen molar-refractivity contribution in [2.24, 2.45) is 0 Å². The van der Waals surface area contributed by atoms with E-state index < -0.39 is 5.82 Å². The molecule has 1 aromatic rings. The molecule has 1 N–H and O–H groups in total. The van der Waals surface area contributed by atoms with Gasteiger partial charge in [0.25, 0.3) is 5.91 Å². The van der Waals surface area contributed by atoms with E-state index >= 15 is 0 Å². The van der Waals surface area contributed by atoms with Gasteiger partial charge in [0.2, 0.25) is 0 Å². The van der Waals surface area contributed by atoms with Crippen LogP contribution in [0.5, 0.6) is 5.75 Å². The molecule has 7 heteroatoms. The van der Waals surface area contributed by atoms with E-state index in [9.17, 15) is 14.0 Å². The summed E-state index contributed by atoms with van der Waals surface area (Å²) in [7, 11) is 1.76. The zero-order valence-electron chi connectivity index (χ0n) is 13.2. The molecule has 3 amide bonds. The number of carbonyl (C=O) groups is 2. The summed E-state index contributed by atoms with van der Waals surface area (Å²) in [5.41, 5.74) is 0.225. The molecule has 2 aliphatic heterocycles. The minimum absolute atomic E-state index is 0.00491. The van der Waals surface area contributed by atoms with E-state index in [1.807, 2.05) is 0 Å². The lowest BCUT2D eigenvalue weighted by Crippen LogP contribution is -2.52. The molecule has 0 unspecified atom stereocenters. The molecular formula is C16H20FN3O3. The van der Waals surface area contributed by atoms with Gasteiger partial charge < -0.3 is 19.9 Å². The molecule has 6 nitrogen and oxygen atoms in total. The third-order valence-corrected chi connectivity index (χ3v) is 4.48. The standard InChI is InChI=1S/C16H20FN3O3/c1-3-23-14-10(5-4-6-11(14)17)15(21)20-8-7-13-12(9-20)18-16(22)19(13)2/h4-6,12-13H,3,7-9H2,1-2H3,(H,18,22)/t12-,13+/m1/s1. The number of piperidine rings is 1. The third kappa shape index (κ3) is 2.71. The highest BCUT2D eigenvalue weighted by atomic mass is 19.1. The van der Waals surface area contributed by atoms with Gasteiger partial charge in [0, 0.05) is 20.1 Å². The quantitative estimate of drug-likeness (QED) is 0.917. The Labute approximate surface area is 134 Å². The van der Waals surface area contributed by atoms with E-state index in [1.165, 1.54) is 12.1 Å². The number of para-hydroxylation sites is 1. The number of amides is 3. The summed E-state index contributed by atoms with van der Waals surface area (Å²) in [5, 5.41) is 2.88. The Kier molecular flexibility index (Phi) is 4.11. The lowest BCUT2D eigenvalue weighted by molar-refractivity contribution is 0.0661. The molecular weight excluding hydrogens is 301 g/mol. The van der Waals surface area contributed by atoms with E-state index in [-0.39, 0.29) is 41.9 Å². The predicted octanol–water partition coefficient (Wildman–Crippen LogP) is 1.46. The fourth-order valence-corrected chi connectivity index (χ4v) is 3.28. The monoisotopic (exact) mass is 321 g/mol. The van der Waals surface area contributed by atoms with Crippen LogP contribution in [0, 0.1) is 5.82 Å². The van der Waals surface area contributed by atoms with Gasteiger partial charge in [-0.05, 0) is 25.5 Å². The zero-order chi connectivity index (χ0) is 16.6. The topological polar surface area (TPSA) is 61.9 Å². The molecule has 0 aliphatic carbocycles. The fourth-order valence-electron chi connectivity index (χ4n) is 3.28. The van der Waals surface area contributed by atoms with Crippen LogP contribution < -0.4 is 10.1 Å². The maximum atomic E-state index is 13.9. The summed E-state index contributed by atoms with van der Waals surface area (Å²) < 4.78 is 19.2. The number of nitrogens with one attached hydrogen (secondary N) is 1. The number of nitrogens with zero attached hydrogens (tertiary/aromatic N) is 2. The number of likely N-dealkylation sites (N-methyl/N-ethyl adjacent to an activating group) is 1. The van der Waals surface area contributed by atoms with E-state index in [2.05, 4.69) is 5.32 Å². The van der Waals surface area contributed by atoms with Gasteiger partial charge in [-0.2, -0.15) is 0 Å². The number of hydrogen-bond acceptors (Lipinski definition) is 3. The summed E-state index contributed by atoms with van der Waals surface area (Å²) in [6, 6.07) is 4.25. The van der Waals surface area contributed by atoms with Gasteiger partial charge in [0.05, 0.1) is 24.3 Å². The summed E-state index contributed by atoms with van der Waals surface area (Å²) in [6.07, 6.45) is 0.699. The number of fused-ring (bicyclic) bond motifs is 1.